The Balaban J connectivity index is 2.38. The van der Waals surface area contributed by atoms with Crippen LogP contribution in [0.5, 0.6) is 5.75 Å². The molecule has 0 bridgehead atoms. The minimum atomic E-state index is -0.479. The molecule has 0 unspecified atom stereocenters. The van der Waals surface area contributed by atoms with Crippen LogP contribution >= 0.6 is 0 Å². The second-order valence-electron chi connectivity index (χ2n) is 5.63. The second-order valence-corrected chi connectivity index (χ2v) is 5.63. The first kappa shape index (κ1) is 16.1. The van der Waals surface area contributed by atoms with E-state index in [2.05, 4.69) is 5.32 Å². The van der Waals surface area contributed by atoms with Crippen LogP contribution in [0.3, 0.4) is 0 Å². The number of phenols is 1. The summed E-state index contributed by atoms with van der Waals surface area (Å²) >= 11 is 0. The quantitative estimate of drug-likeness (QED) is 0.826. The average Bonchev–Trinajstić information content (AvgIpc) is 2.29. The predicted molar refractivity (Wildman–Crippen MR) is 80.7 cm³/mol. The maximum Gasteiger partial charge on any atom is 0.407 e. The number of aryl methyl sites for hydroxylation is 1. The van der Waals surface area contributed by atoms with Crippen molar-refractivity contribution in [1.82, 2.24) is 5.32 Å². The van der Waals surface area contributed by atoms with Crippen LogP contribution in [0.2, 0.25) is 0 Å². The van der Waals surface area contributed by atoms with Gasteiger partial charge in [-0.3, -0.25) is 0 Å². The molecule has 4 heteroatoms. The zero-order valence-electron chi connectivity index (χ0n) is 12.6. The lowest BCUT2D eigenvalue weighted by atomic mass is 10.1. The van der Waals surface area contributed by atoms with Gasteiger partial charge < -0.3 is 15.2 Å². The SMILES string of the molecule is Cc1cccc(O)c1C=CCCNC(=O)OC(C)(C)C. The van der Waals surface area contributed by atoms with Crippen LogP contribution in [-0.4, -0.2) is 23.3 Å². The molecule has 2 N–H and O–H groups in total. The number of carbonyl (C=O) groups excluding carboxylic acids is 1. The number of hydrogen-bond donors (Lipinski definition) is 2. The highest BCUT2D eigenvalue weighted by molar-refractivity contribution is 5.67. The van der Waals surface area contributed by atoms with E-state index in [0.29, 0.717) is 13.0 Å². The van der Waals surface area contributed by atoms with Crippen molar-refractivity contribution in [3.8, 4) is 5.75 Å². The third kappa shape index (κ3) is 5.78. The second kappa shape index (κ2) is 6.98. The van der Waals surface area contributed by atoms with Gasteiger partial charge in [0.25, 0.3) is 0 Å². The molecule has 0 atom stereocenters. The van der Waals surface area contributed by atoms with Gasteiger partial charge in [-0.05, 0) is 45.7 Å². The van der Waals surface area contributed by atoms with Crippen LogP contribution in [-0.2, 0) is 4.74 Å². The minimum Gasteiger partial charge on any atom is -0.507 e. The molecule has 0 saturated heterocycles. The zero-order chi connectivity index (χ0) is 15.2. The number of hydrogen-bond acceptors (Lipinski definition) is 3. The van der Waals surface area contributed by atoms with E-state index in [1.54, 1.807) is 6.07 Å². The highest BCUT2D eigenvalue weighted by atomic mass is 16.6. The number of alkyl carbamates (subject to hydrolysis) is 1. The molecule has 1 aromatic carbocycles. The smallest absolute Gasteiger partial charge is 0.407 e. The van der Waals surface area contributed by atoms with Gasteiger partial charge in [-0.15, -0.1) is 0 Å². The van der Waals surface area contributed by atoms with Crippen molar-refractivity contribution in [3.05, 3.63) is 35.4 Å². The van der Waals surface area contributed by atoms with Gasteiger partial charge in [0.2, 0.25) is 0 Å². The summed E-state index contributed by atoms with van der Waals surface area (Å²) in [7, 11) is 0. The predicted octanol–water partition coefficient (Wildman–Crippen LogP) is 3.63. The Morgan fingerprint density at radius 2 is 2.10 bits per heavy atom. The molecule has 0 aliphatic carbocycles. The normalized spacial score (nSPS) is 11.6. The Morgan fingerprint density at radius 1 is 1.40 bits per heavy atom. The summed E-state index contributed by atoms with van der Waals surface area (Å²) in [5, 5.41) is 12.4. The molecular formula is C16H23NO3. The lowest BCUT2D eigenvalue weighted by Crippen LogP contribution is -2.32. The zero-order valence-corrected chi connectivity index (χ0v) is 12.6. The van der Waals surface area contributed by atoms with Crippen molar-refractivity contribution < 1.29 is 14.6 Å². The van der Waals surface area contributed by atoms with Crippen LogP contribution in [0.25, 0.3) is 6.08 Å². The molecule has 1 aromatic rings. The summed E-state index contributed by atoms with van der Waals surface area (Å²) in [6, 6.07) is 5.41. The Kier molecular flexibility index (Phi) is 5.62. The van der Waals surface area contributed by atoms with Crippen LogP contribution in [0.4, 0.5) is 4.79 Å². The van der Waals surface area contributed by atoms with Gasteiger partial charge in [0.1, 0.15) is 11.4 Å². The van der Waals surface area contributed by atoms with Crippen molar-refractivity contribution in [1.29, 1.82) is 0 Å². The first-order chi connectivity index (χ1) is 9.29. The van der Waals surface area contributed by atoms with E-state index in [1.165, 1.54) is 0 Å². The number of nitrogens with one attached hydrogen (secondary N) is 1. The summed E-state index contributed by atoms with van der Waals surface area (Å²) in [6.45, 7) is 7.92. The van der Waals surface area contributed by atoms with Gasteiger partial charge in [0.15, 0.2) is 0 Å². The fourth-order valence-electron chi connectivity index (χ4n) is 1.65. The monoisotopic (exact) mass is 277 g/mol. The van der Waals surface area contributed by atoms with Crippen molar-refractivity contribution in [2.75, 3.05) is 6.54 Å². The van der Waals surface area contributed by atoms with E-state index in [1.807, 2.05) is 52.0 Å². The first-order valence-electron chi connectivity index (χ1n) is 6.71. The topological polar surface area (TPSA) is 58.6 Å². The van der Waals surface area contributed by atoms with Gasteiger partial charge in [0.05, 0.1) is 0 Å². The summed E-state index contributed by atoms with van der Waals surface area (Å²) < 4.78 is 5.13. The van der Waals surface area contributed by atoms with E-state index < -0.39 is 11.7 Å². The van der Waals surface area contributed by atoms with E-state index in [-0.39, 0.29) is 5.75 Å². The van der Waals surface area contributed by atoms with Gasteiger partial charge in [-0.25, -0.2) is 4.79 Å². The standard InChI is InChI=1S/C16H23NO3/c1-12-8-7-10-14(18)13(12)9-5-6-11-17-15(19)20-16(2,3)4/h5,7-10,18H,6,11H2,1-4H3,(H,17,19). The third-order valence-corrected chi connectivity index (χ3v) is 2.56. The Morgan fingerprint density at radius 3 is 2.70 bits per heavy atom. The Bertz CT molecular complexity index is 467. The van der Waals surface area contributed by atoms with E-state index in [4.69, 9.17) is 4.74 Å². The van der Waals surface area contributed by atoms with Crippen molar-refractivity contribution in [3.63, 3.8) is 0 Å². The Hall–Kier alpha value is -1.97. The highest BCUT2D eigenvalue weighted by Crippen LogP contribution is 2.21. The summed E-state index contributed by atoms with van der Waals surface area (Å²) in [5.74, 6) is 0.265. The highest BCUT2D eigenvalue weighted by Gasteiger charge is 2.15. The van der Waals surface area contributed by atoms with Crippen LogP contribution in [0.1, 0.15) is 38.3 Å². The molecule has 1 amide bonds. The lowest BCUT2D eigenvalue weighted by Gasteiger charge is -2.19. The molecule has 0 aliphatic heterocycles. The molecular weight excluding hydrogens is 254 g/mol. The Labute approximate surface area is 120 Å². The number of aromatic hydroxyl groups is 1. The number of phenolic OH excluding ortho intramolecular Hbond substituents is 1. The fourth-order valence-corrected chi connectivity index (χ4v) is 1.65. The number of carbonyl (C=O) groups is 1. The largest absolute Gasteiger partial charge is 0.507 e. The van der Waals surface area contributed by atoms with Gasteiger partial charge in [-0.2, -0.15) is 0 Å². The minimum absolute atomic E-state index is 0.265. The molecule has 4 nitrogen and oxygen atoms in total. The summed E-state index contributed by atoms with van der Waals surface area (Å²) in [4.78, 5) is 11.4. The molecule has 1 rings (SSSR count). The molecule has 0 aromatic heterocycles. The molecule has 0 spiro atoms. The molecule has 0 saturated carbocycles. The fraction of sp³-hybridized carbons (Fsp3) is 0.438. The molecule has 110 valence electrons. The lowest BCUT2D eigenvalue weighted by molar-refractivity contribution is 0.0529. The third-order valence-electron chi connectivity index (χ3n) is 2.56. The number of benzene rings is 1. The summed E-state index contributed by atoms with van der Waals surface area (Å²) in [6.07, 6.45) is 4.04. The molecule has 20 heavy (non-hydrogen) atoms. The first-order valence-corrected chi connectivity index (χ1v) is 6.71. The van der Waals surface area contributed by atoms with Gasteiger partial charge in [0, 0.05) is 12.1 Å². The van der Waals surface area contributed by atoms with E-state index >= 15 is 0 Å². The number of ether oxygens (including phenoxy) is 1. The molecule has 0 fully saturated rings. The number of amides is 1. The maximum absolute atomic E-state index is 11.4. The van der Waals surface area contributed by atoms with Crippen LogP contribution in [0, 0.1) is 6.92 Å². The number of rotatable bonds is 4. The molecule has 0 radical (unpaired) electrons. The van der Waals surface area contributed by atoms with E-state index in [9.17, 15) is 9.90 Å². The van der Waals surface area contributed by atoms with Gasteiger partial charge in [-0.1, -0.05) is 24.3 Å². The van der Waals surface area contributed by atoms with Crippen molar-refractivity contribution >= 4 is 12.2 Å². The van der Waals surface area contributed by atoms with Crippen molar-refractivity contribution in [2.45, 2.75) is 39.7 Å². The average molecular weight is 277 g/mol. The summed E-state index contributed by atoms with van der Waals surface area (Å²) in [5.41, 5.74) is 1.35. The van der Waals surface area contributed by atoms with Crippen LogP contribution in [0.15, 0.2) is 24.3 Å². The van der Waals surface area contributed by atoms with Crippen molar-refractivity contribution in [2.24, 2.45) is 0 Å². The van der Waals surface area contributed by atoms with E-state index in [0.717, 1.165) is 11.1 Å². The molecule has 0 heterocycles. The van der Waals surface area contributed by atoms with Gasteiger partial charge >= 0.3 is 6.09 Å². The molecule has 0 aliphatic rings. The maximum atomic E-state index is 11.4. The van der Waals surface area contributed by atoms with Crippen LogP contribution < -0.4 is 5.32 Å².